The smallest absolute Gasteiger partial charge is 0.115 e. The predicted molar refractivity (Wildman–Crippen MR) is 50.2 cm³/mol. The van der Waals surface area contributed by atoms with Crippen LogP contribution in [0.25, 0.3) is 0 Å². The Balaban J connectivity index is 3.12. The number of hydrogen-bond acceptors (Lipinski definition) is 4. The van der Waals surface area contributed by atoms with Crippen LogP contribution in [-0.2, 0) is 10.3 Å². The van der Waals surface area contributed by atoms with Crippen LogP contribution >= 0.6 is 0 Å². The number of aromatic nitrogens is 2. The summed E-state index contributed by atoms with van der Waals surface area (Å²) >= 11 is 0. The van der Waals surface area contributed by atoms with Crippen LogP contribution in [0.2, 0.25) is 0 Å². The third-order valence-corrected chi connectivity index (χ3v) is 2.32. The van der Waals surface area contributed by atoms with Crippen molar-refractivity contribution in [2.24, 2.45) is 5.73 Å². The Labute approximate surface area is 78.1 Å². The van der Waals surface area contributed by atoms with E-state index in [1.807, 2.05) is 13.8 Å². The van der Waals surface area contributed by atoms with Gasteiger partial charge in [-0.3, -0.25) is 0 Å². The lowest BCUT2D eigenvalue weighted by molar-refractivity contribution is 0.00892. The van der Waals surface area contributed by atoms with Gasteiger partial charge in [0.05, 0.1) is 0 Å². The average molecular weight is 181 g/mol. The molecule has 1 rings (SSSR count). The minimum absolute atomic E-state index is 0.414. The van der Waals surface area contributed by atoms with Crippen LogP contribution in [0, 0.1) is 6.92 Å². The Morgan fingerprint density at radius 1 is 1.62 bits per heavy atom. The summed E-state index contributed by atoms with van der Waals surface area (Å²) in [7, 11) is 1.64. The maximum absolute atomic E-state index is 5.64. The van der Waals surface area contributed by atoms with Crippen LogP contribution in [0.4, 0.5) is 0 Å². The fourth-order valence-corrected chi connectivity index (χ4v) is 1.21. The molecule has 1 atom stereocenters. The van der Waals surface area contributed by atoms with E-state index in [9.17, 15) is 0 Å². The predicted octanol–water partition coefficient (Wildman–Crippen LogP) is 0.605. The van der Waals surface area contributed by atoms with Crippen molar-refractivity contribution in [3.63, 3.8) is 0 Å². The number of rotatable bonds is 3. The molecule has 0 bridgehead atoms. The first-order valence-corrected chi connectivity index (χ1v) is 4.16. The molecule has 0 fully saturated rings. The summed E-state index contributed by atoms with van der Waals surface area (Å²) in [6, 6.07) is 0. The van der Waals surface area contributed by atoms with Gasteiger partial charge in [0.2, 0.25) is 0 Å². The SMILES string of the molecule is COC(C)(CN)c1cncnc1C. The van der Waals surface area contributed by atoms with Crippen molar-refractivity contribution < 1.29 is 4.74 Å². The Hall–Kier alpha value is -1.00. The van der Waals surface area contributed by atoms with Crippen LogP contribution < -0.4 is 5.73 Å². The average Bonchev–Trinajstić information content (AvgIpc) is 2.17. The molecule has 72 valence electrons. The molecule has 4 nitrogen and oxygen atoms in total. The van der Waals surface area contributed by atoms with Gasteiger partial charge < -0.3 is 10.5 Å². The minimum Gasteiger partial charge on any atom is -0.372 e. The number of nitrogens with two attached hydrogens (primary N) is 1. The van der Waals surface area contributed by atoms with Crippen molar-refractivity contribution in [1.82, 2.24) is 9.97 Å². The first-order chi connectivity index (χ1) is 6.14. The quantitative estimate of drug-likeness (QED) is 0.742. The van der Waals surface area contributed by atoms with Crippen LogP contribution in [0.1, 0.15) is 18.2 Å². The summed E-state index contributed by atoms with van der Waals surface area (Å²) in [6.45, 7) is 4.26. The lowest BCUT2D eigenvalue weighted by Crippen LogP contribution is -2.34. The van der Waals surface area contributed by atoms with Crippen molar-refractivity contribution in [1.29, 1.82) is 0 Å². The molecule has 0 aliphatic carbocycles. The van der Waals surface area contributed by atoms with Gasteiger partial charge in [-0.15, -0.1) is 0 Å². The van der Waals surface area contributed by atoms with Crippen LogP contribution in [0.15, 0.2) is 12.5 Å². The zero-order chi connectivity index (χ0) is 9.90. The first-order valence-electron chi connectivity index (χ1n) is 4.16. The Morgan fingerprint density at radius 2 is 2.31 bits per heavy atom. The van der Waals surface area contributed by atoms with E-state index in [1.165, 1.54) is 6.33 Å². The van der Waals surface area contributed by atoms with Gasteiger partial charge in [0, 0.05) is 31.1 Å². The first kappa shape index (κ1) is 10.1. The molecule has 1 unspecified atom stereocenters. The lowest BCUT2D eigenvalue weighted by atomic mass is 9.96. The van der Waals surface area contributed by atoms with Crippen molar-refractivity contribution >= 4 is 0 Å². The maximum Gasteiger partial charge on any atom is 0.115 e. The fourth-order valence-electron chi connectivity index (χ4n) is 1.21. The fraction of sp³-hybridized carbons (Fsp3) is 0.556. The highest BCUT2D eigenvalue weighted by Crippen LogP contribution is 2.23. The Bertz CT molecular complexity index is 284. The third kappa shape index (κ3) is 1.84. The van der Waals surface area contributed by atoms with E-state index in [2.05, 4.69) is 9.97 Å². The van der Waals surface area contributed by atoms with Gasteiger partial charge >= 0.3 is 0 Å². The monoisotopic (exact) mass is 181 g/mol. The molecular formula is C9H15N3O. The number of ether oxygens (including phenoxy) is 1. The molecule has 0 amide bonds. The molecule has 0 radical (unpaired) electrons. The lowest BCUT2D eigenvalue weighted by Gasteiger charge is -2.27. The van der Waals surface area contributed by atoms with E-state index in [1.54, 1.807) is 13.3 Å². The molecule has 1 aromatic heterocycles. The second-order valence-electron chi connectivity index (χ2n) is 3.16. The number of methoxy groups -OCH3 is 1. The van der Waals surface area contributed by atoms with Crippen molar-refractivity contribution in [2.45, 2.75) is 19.4 Å². The summed E-state index contributed by atoms with van der Waals surface area (Å²) < 4.78 is 5.35. The van der Waals surface area contributed by atoms with Gasteiger partial charge in [-0.1, -0.05) is 0 Å². The van der Waals surface area contributed by atoms with Gasteiger partial charge in [0.15, 0.2) is 0 Å². The molecular weight excluding hydrogens is 166 g/mol. The molecule has 0 aliphatic rings. The molecule has 2 N–H and O–H groups in total. The van der Waals surface area contributed by atoms with Crippen LogP contribution in [0.5, 0.6) is 0 Å². The van der Waals surface area contributed by atoms with Gasteiger partial charge in [0.1, 0.15) is 11.9 Å². The molecule has 0 saturated heterocycles. The molecule has 1 heterocycles. The number of nitrogens with zero attached hydrogens (tertiary/aromatic N) is 2. The molecule has 0 saturated carbocycles. The normalized spacial score (nSPS) is 15.4. The summed E-state index contributed by atoms with van der Waals surface area (Å²) in [5.74, 6) is 0. The molecule has 4 heteroatoms. The van der Waals surface area contributed by atoms with Crippen molar-refractivity contribution in [3.8, 4) is 0 Å². The molecule has 0 aromatic carbocycles. The Kier molecular flexibility index (Phi) is 2.95. The standard InChI is InChI=1S/C9H15N3O/c1-7-8(4-11-6-12-7)9(2,5-10)13-3/h4,6H,5,10H2,1-3H3. The highest BCUT2D eigenvalue weighted by molar-refractivity contribution is 5.22. The van der Waals surface area contributed by atoms with Crippen LogP contribution in [0.3, 0.4) is 0 Å². The minimum atomic E-state index is -0.481. The van der Waals surface area contributed by atoms with Crippen molar-refractivity contribution in [2.75, 3.05) is 13.7 Å². The van der Waals surface area contributed by atoms with Crippen LogP contribution in [-0.4, -0.2) is 23.6 Å². The van der Waals surface area contributed by atoms with E-state index in [-0.39, 0.29) is 0 Å². The van der Waals surface area contributed by atoms with Gasteiger partial charge in [-0.2, -0.15) is 0 Å². The van der Waals surface area contributed by atoms with Gasteiger partial charge in [0.25, 0.3) is 0 Å². The summed E-state index contributed by atoms with van der Waals surface area (Å²) in [6.07, 6.45) is 3.27. The number of hydrogen-bond donors (Lipinski definition) is 1. The zero-order valence-corrected chi connectivity index (χ0v) is 8.24. The zero-order valence-electron chi connectivity index (χ0n) is 8.24. The highest BCUT2D eigenvalue weighted by atomic mass is 16.5. The van der Waals surface area contributed by atoms with E-state index in [0.29, 0.717) is 6.54 Å². The van der Waals surface area contributed by atoms with E-state index in [0.717, 1.165) is 11.3 Å². The van der Waals surface area contributed by atoms with Gasteiger partial charge in [-0.25, -0.2) is 9.97 Å². The Morgan fingerprint density at radius 3 is 2.77 bits per heavy atom. The second-order valence-corrected chi connectivity index (χ2v) is 3.16. The highest BCUT2D eigenvalue weighted by Gasteiger charge is 2.26. The molecule has 0 spiro atoms. The third-order valence-electron chi connectivity index (χ3n) is 2.32. The second kappa shape index (κ2) is 3.81. The maximum atomic E-state index is 5.64. The summed E-state index contributed by atoms with van der Waals surface area (Å²) in [5, 5.41) is 0. The molecule has 0 aliphatic heterocycles. The van der Waals surface area contributed by atoms with E-state index in [4.69, 9.17) is 10.5 Å². The summed E-state index contributed by atoms with van der Waals surface area (Å²) in [4.78, 5) is 8.06. The number of aryl methyl sites for hydroxylation is 1. The molecule has 1 aromatic rings. The largest absolute Gasteiger partial charge is 0.372 e. The van der Waals surface area contributed by atoms with E-state index < -0.39 is 5.60 Å². The summed E-state index contributed by atoms with van der Waals surface area (Å²) in [5.41, 5.74) is 7.01. The molecule has 13 heavy (non-hydrogen) atoms. The topological polar surface area (TPSA) is 61.0 Å². The van der Waals surface area contributed by atoms with E-state index >= 15 is 0 Å². The van der Waals surface area contributed by atoms with Gasteiger partial charge in [-0.05, 0) is 13.8 Å². The van der Waals surface area contributed by atoms with Crippen molar-refractivity contribution in [3.05, 3.63) is 23.8 Å².